The number of aryl methyl sites for hydroxylation is 1. The molecule has 1 aliphatic carbocycles. The topological polar surface area (TPSA) is 115 Å². The Morgan fingerprint density at radius 3 is 2.69 bits per heavy atom. The van der Waals surface area contributed by atoms with E-state index in [9.17, 15) is 19.8 Å². The molecule has 2 N–H and O–H groups in total. The molecular weight excluding hydrogens is 490 g/mol. The van der Waals surface area contributed by atoms with Gasteiger partial charge in [-0.3, -0.25) is 9.59 Å². The van der Waals surface area contributed by atoms with Crippen molar-refractivity contribution in [1.29, 1.82) is 0 Å². The number of Topliss-reactive ketones (excluding diaryl/α,β-unsaturated/α-hetero) is 2. The normalized spacial score (nSPS) is 18.2. The first-order valence-corrected chi connectivity index (χ1v) is 11.9. The smallest absolute Gasteiger partial charge is 0.212 e. The minimum absolute atomic E-state index is 0.00264. The van der Waals surface area contributed by atoms with Crippen molar-refractivity contribution in [2.45, 2.75) is 33.1 Å². The Bertz CT molecular complexity index is 1700. The number of ether oxygens (including phenoxy) is 1. The maximum atomic E-state index is 14.0. The third-order valence-corrected chi connectivity index (χ3v) is 8.01. The van der Waals surface area contributed by atoms with Gasteiger partial charge in [0.05, 0.1) is 32.7 Å². The van der Waals surface area contributed by atoms with E-state index in [1.54, 1.807) is 36.7 Å². The molecule has 0 saturated heterocycles. The van der Waals surface area contributed by atoms with Crippen LogP contribution in [0.2, 0.25) is 5.02 Å². The van der Waals surface area contributed by atoms with Crippen molar-refractivity contribution in [2.24, 2.45) is 0 Å². The fraction of sp³-hybridized carbons (Fsp3) is 0.200. The lowest BCUT2D eigenvalue weighted by Gasteiger charge is -2.27. The second-order valence-electron chi connectivity index (χ2n) is 8.89. The van der Waals surface area contributed by atoms with Crippen molar-refractivity contribution < 1.29 is 24.5 Å². The van der Waals surface area contributed by atoms with E-state index in [1.165, 1.54) is 25.2 Å². The second-order valence-corrected chi connectivity index (χ2v) is 10.3. The Morgan fingerprint density at radius 2 is 1.97 bits per heavy atom. The molecule has 4 aromatic rings. The van der Waals surface area contributed by atoms with Crippen LogP contribution in [0.15, 0.2) is 24.0 Å². The molecule has 0 spiro atoms. The molecule has 1 unspecified atom stereocenters. The third kappa shape index (κ3) is 2.67. The van der Waals surface area contributed by atoms with Crippen LogP contribution >= 0.6 is 22.9 Å². The number of phenolic OH excluding ortho intramolecular Hbond substituents is 2. The first kappa shape index (κ1) is 21.8. The maximum Gasteiger partial charge on any atom is 0.212 e. The maximum absolute atomic E-state index is 14.0. The zero-order valence-electron chi connectivity index (χ0n) is 19.1. The van der Waals surface area contributed by atoms with Crippen LogP contribution in [-0.4, -0.2) is 36.5 Å². The van der Waals surface area contributed by atoms with Crippen LogP contribution in [0.4, 0.5) is 0 Å². The fourth-order valence-corrected chi connectivity index (χ4v) is 5.99. The van der Waals surface area contributed by atoms with Crippen molar-refractivity contribution in [3.8, 4) is 22.4 Å². The van der Waals surface area contributed by atoms with Crippen molar-refractivity contribution >= 4 is 50.8 Å². The van der Waals surface area contributed by atoms with E-state index < -0.39 is 11.2 Å². The highest BCUT2D eigenvalue weighted by atomic mass is 35.5. The van der Waals surface area contributed by atoms with E-state index in [2.05, 4.69) is 10.1 Å². The number of phenols is 2. The Balaban J connectivity index is 1.60. The van der Waals surface area contributed by atoms with Gasteiger partial charge in [-0.05, 0) is 45.9 Å². The number of fused-ring (bicyclic) bond motifs is 5. The standard InChI is InChI=1S/C25H18ClN3O5S/c1-9-20(31)18(11(3)30)22-19(21(9)32)25(4)16(34-22)8-14-17(23(25)33)10(2)28-29(14)24-27-13-7-12(26)5-6-15(13)35-24/h5-8,31-32H,1-4H3. The predicted octanol–water partition coefficient (Wildman–Crippen LogP) is 5.25. The van der Waals surface area contributed by atoms with E-state index in [-0.39, 0.29) is 45.5 Å². The molecular formula is C25H18ClN3O5S. The number of nitrogens with zero attached hydrogens (tertiary/aromatic N) is 3. The largest absolute Gasteiger partial charge is 0.507 e. The number of halogens is 1. The Hall–Kier alpha value is -3.69. The predicted molar refractivity (Wildman–Crippen MR) is 131 cm³/mol. The number of allylic oxidation sites excluding steroid dienone is 1. The first-order valence-electron chi connectivity index (χ1n) is 10.7. The molecule has 0 saturated carbocycles. The monoisotopic (exact) mass is 507 g/mol. The minimum atomic E-state index is -1.39. The van der Waals surface area contributed by atoms with Crippen LogP contribution in [0.1, 0.15) is 57.1 Å². The van der Waals surface area contributed by atoms with Gasteiger partial charge in [-0.1, -0.05) is 22.9 Å². The van der Waals surface area contributed by atoms with E-state index in [4.69, 9.17) is 16.3 Å². The quantitative estimate of drug-likeness (QED) is 0.356. The van der Waals surface area contributed by atoms with Crippen LogP contribution in [0.25, 0.3) is 21.4 Å². The highest BCUT2D eigenvalue weighted by Crippen LogP contribution is 2.58. The number of aromatic nitrogens is 3. The molecule has 8 nitrogen and oxygen atoms in total. The lowest BCUT2D eigenvalue weighted by atomic mass is 9.71. The molecule has 0 amide bonds. The van der Waals surface area contributed by atoms with Gasteiger partial charge >= 0.3 is 0 Å². The highest BCUT2D eigenvalue weighted by Gasteiger charge is 2.55. The summed E-state index contributed by atoms with van der Waals surface area (Å²) in [6, 6.07) is 5.42. The zero-order chi connectivity index (χ0) is 25.0. The average molecular weight is 508 g/mol. The van der Waals surface area contributed by atoms with Crippen LogP contribution < -0.4 is 4.74 Å². The molecule has 2 aliphatic rings. The molecule has 2 aromatic heterocycles. The molecule has 1 aliphatic heterocycles. The molecule has 0 fully saturated rings. The number of carbonyl (C=O) groups excluding carboxylic acids is 2. The van der Waals surface area contributed by atoms with Gasteiger partial charge in [-0.2, -0.15) is 5.10 Å². The number of aromatic hydroxyl groups is 2. The molecule has 176 valence electrons. The Labute approximate surface area is 208 Å². The summed E-state index contributed by atoms with van der Waals surface area (Å²) in [5, 5.41) is 27.2. The molecule has 0 radical (unpaired) electrons. The van der Waals surface area contributed by atoms with Gasteiger partial charge in [-0.25, -0.2) is 9.67 Å². The molecule has 3 heterocycles. The van der Waals surface area contributed by atoms with E-state index in [1.807, 2.05) is 6.07 Å². The lowest BCUT2D eigenvalue weighted by molar-refractivity contribution is 0.0905. The molecule has 6 rings (SSSR count). The third-order valence-electron chi connectivity index (χ3n) is 6.76. The molecule has 1 atom stereocenters. The van der Waals surface area contributed by atoms with Gasteiger partial charge in [0.15, 0.2) is 11.6 Å². The van der Waals surface area contributed by atoms with Gasteiger partial charge in [-0.15, -0.1) is 0 Å². The van der Waals surface area contributed by atoms with Crippen molar-refractivity contribution in [1.82, 2.24) is 14.8 Å². The van der Waals surface area contributed by atoms with Crippen LogP contribution in [0.3, 0.4) is 0 Å². The average Bonchev–Trinajstić information content (AvgIpc) is 3.44. The van der Waals surface area contributed by atoms with Gasteiger partial charge in [0.2, 0.25) is 5.13 Å². The van der Waals surface area contributed by atoms with Gasteiger partial charge in [0.25, 0.3) is 0 Å². The zero-order valence-corrected chi connectivity index (χ0v) is 20.6. The fourth-order valence-electron chi connectivity index (χ4n) is 4.91. The van der Waals surface area contributed by atoms with E-state index in [0.29, 0.717) is 32.6 Å². The van der Waals surface area contributed by atoms with Crippen molar-refractivity contribution in [3.05, 3.63) is 62.6 Å². The summed E-state index contributed by atoms with van der Waals surface area (Å²) in [5.74, 6) is -1.18. The van der Waals surface area contributed by atoms with Crippen LogP contribution in [0.5, 0.6) is 17.2 Å². The van der Waals surface area contributed by atoms with Crippen LogP contribution in [0, 0.1) is 13.8 Å². The number of carbonyl (C=O) groups is 2. The van der Waals surface area contributed by atoms with Crippen molar-refractivity contribution in [3.63, 3.8) is 0 Å². The van der Waals surface area contributed by atoms with Crippen molar-refractivity contribution in [2.75, 3.05) is 0 Å². The summed E-state index contributed by atoms with van der Waals surface area (Å²) in [4.78, 5) is 31.1. The lowest BCUT2D eigenvalue weighted by Crippen LogP contribution is -2.36. The number of hydrogen-bond acceptors (Lipinski definition) is 8. The summed E-state index contributed by atoms with van der Waals surface area (Å²) >= 11 is 7.51. The summed E-state index contributed by atoms with van der Waals surface area (Å²) in [5.41, 5.74) is 0.891. The SMILES string of the molecule is CC(=O)c1c(O)c(C)c(O)c2c1OC1=Cc3c(c(C)nn3-c3nc4cc(Cl)ccc4s3)C(=O)C12C. The Morgan fingerprint density at radius 1 is 1.23 bits per heavy atom. The van der Waals surface area contributed by atoms with Crippen LogP contribution in [-0.2, 0) is 5.41 Å². The number of benzene rings is 2. The minimum Gasteiger partial charge on any atom is -0.507 e. The molecule has 35 heavy (non-hydrogen) atoms. The van der Waals surface area contributed by atoms with E-state index >= 15 is 0 Å². The van der Waals surface area contributed by atoms with Gasteiger partial charge in [0.1, 0.15) is 34.0 Å². The number of hydrogen-bond donors (Lipinski definition) is 2. The molecule has 0 bridgehead atoms. The second kappa shape index (κ2) is 6.93. The molecule has 2 aromatic carbocycles. The van der Waals surface area contributed by atoms with Gasteiger partial charge in [0, 0.05) is 16.7 Å². The summed E-state index contributed by atoms with van der Waals surface area (Å²) < 4.78 is 8.55. The highest BCUT2D eigenvalue weighted by molar-refractivity contribution is 7.20. The number of thiazole rings is 1. The van der Waals surface area contributed by atoms with E-state index in [0.717, 1.165) is 4.70 Å². The number of rotatable bonds is 2. The van der Waals surface area contributed by atoms with Gasteiger partial charge < -0.3 is 14.9 Å². The first-order chi connectivity index (χ1) is 16.5. The summed E-state index contributed by atoms with van der Waals surface area (Å²) in [7, 11) is 0. The summed E-state index contributed by atoms with van der Waals surface area (Å²) in [6.07, 6.45) is 1.69. The molecule has 10 heteroatoms. The number of ketones is 2. The summed E-state index contributed by atoms with van der Waals surface area (Å²) in [6.45, 7) is 6.17. The Kier molecular flexibility index (Phi) is 4.32.